The first kappa shape index (κ1) is 9.26. The number of hydrogen-bond acceptors (Lipinski definition) is 1. The summed E-state index contributed by atoms with van der Waals surface area (Å²) in [5, 5.41) is 8.40. The van der Waals surface area contributed by atoms with Crippen molar-refractivity contribution < 1.29 is 5.11 Å². The quantitative estimate of drug-likeness (QED) is 0.465. The molecule has 0 spiro atoms. The minimum atomic E-state index is 0.269. The van der Waals surface area contributed by atoms with E-state index in [-0.39, 0.29) is 6.61 Å². The fraction of sp³-hybridized carbons (Fsp3) is 0.556. The Morgan fingerprint density at radius 2 is 2.30 bits per heavy atom. The fourth-order valence-electron chi connectivity index (χ4n) is 0.512. The Balaban J connectivity index is 3.19. The van der Waals surface area contributed by atoms with Gasteiger partial charge in [-0.15, -0.1) is 0 Å². The summed E-state index contributed by atoms with van der Waals surface area (Å²) in [5.41, 5.74) is 0. The van der Waals surface area contributed by atoms with E-state index < -0.39 is 0 Å². The molecule has 0 aliphatic rings. The highest BCUT2D eigenvalue weighted by Crippen LogP contribution is 1.87. The lowest BCUT2D eigenvalue weighted by Crippen LogP contribution is -1.77. The second-order valence-corrected chi connectivity index (χ2v) is 1.94. The Labute approximate surface area is 62.8 Å². The van der Waals surface area contributed by atoms with Crippen molar-refractivity contribution in [3.05, 3.63) is 12.2 Å². The summed E-state index contributed by atoms with van der Waals surface area (Å²) in [5.74, 6) is 5.81. The summed E-state index contributed by atoms with van der Waals surface area (Å²) in [7, 11) is 0. The van der Waals surface area contributed by atoms with Crippen LogP contribution in [0.2, 0.25) is 0 Å². The SMILES string of the molecule is CCC#C/C=C/CCCO. The molecule has 10 heavy (non-hydrogen) atoms. The highest BCUT2D eigenvalue weighted by atomic mass is 16.2. The zero-order valence-electron chi connectivity index (χ0n) is 6.43. The Morgan fingerprint density at radius 1 is 1.50 bits per heavy atom. The third-order valence-corrected chi connectivity index (χ3v) is 1.01. The van der Waals surface area contributed by atoms with E-state index in [1.165, 1.54) is 0 Å². The maximum absolute atomic E-state index is 8.40. The maximum Gasteiger partial charge on any atom is 0.0433 e. The molecule has 0 saturated heterocycles. The monoisotopic (exact) mass is 138 g/mol. The van der Waals surface area contributed by atoms with Crippen molar-refractivity contribution in [1.82, 2.24) is 0 Å². The van der Waals surface area contributed by atoms with Crippen LogP contribution in [-0.2, 0) is 0 Å². The molecule has 0 aromatic carbocycles. The number of aliphatic hydroxyl groups is 1. The zero-order chi connectivity index (χ0) is 7.66. The third kappa shape index (κ3) is 7.26. The smallest absolute Gasteiger partial charge is 0.0433 e. The number of aliphatic hydroxyl groups excluding tert-OH is 1. The predicted octanol–water partition coefficient (Wildman–Crippen LogP) is 1.73. The molecule has 0 atom stereocenters. The lowest BCUT2D eigenvalue weighted by Gasteiger charge is -1.83. The normalized spacial score (nSPS) is 9.40. The van der Waals surface area contributed by atoms with Crippen LogP contribution in [0.15, 0.2) is 12.2 Å². The summed E-state index contributed by atoms with van der Waals surface area (Å²) < 4.78 is 0. The molecule has 0 aromatic rings. The first-order valence-corrected chi connectivity index (χ1v) is 3.66. The molecule has 1 heteroatoms. The van der Waals surface area contributed by atoms with Crippen LogP contribution in [0.4, 0.5) is 0 Å². The molecule has 0 rings (SSSR count). The van der Waals surface area contributed by atoms with Crippen molar-refractivity contribution in [3.8, 4) is 11.8 Å². The molecule has 0 bridgehead atoms. The third-order valence-electron chi connectivity index (χ3n) is 1.01. The van der Waals surface area contributed by atoms with Gasteiger partial charge in [-0.2, -0.15) is 0 Å². The summed E-state index contributed by atoms with van der Waals surface area (Å²) in [4.78, 5) is 0. The Hall–Kier alpha value is -0.740. The molecule has 0 aliphatic carbocycles. The van der Waals surface area contributed by atoms with Gasteiger partial charge in [-0.3, -0.25) is 0 Å². The van der Waals surface area contributed by atoms with Crippen LogP contribution in [0.1, 0.15) is 26.2 Å². The molecule has 0 saturated carbocycles. The number of unbranched alkanes of at least 4 members (excludes halogenated alkanes) is 1. The van der Waals surface area contributed by atoms with Crippen molar-refractivity contribution in [1.29, 1.82) is 0 Å². The molecular formula is C9H14O. The first-order chi connectivity index (χ1) is 4.91. The van der Waals surface area contributed by atoms with Crippen molar-refractivity contribution in [2.45, 2.75) is 26.2 Å². The van der Waals surface area contributed by atoms with Gasteiger partial charge in [0.05, 0.1) is 0 Å². The van der Waals surface area contributed by atoms with Gasteiger partial charge < -0.3 is 5.11 Å². The van der Waals surface area contributed by atoms with Crippen LogP contribution in [-0.4, -0.2) is 11.7 Å². The molecule has 1 N–H and O–H groups in total. The van der Waals surface area contributed by atoms with Crippen molar-refractivity contribution in [2.24, 2.45) is 0 Å². The van der Waals surface area contributed by atoms with Gasteiger partial charge in [0.1, 0.15) is 0 Å². The standard InChI is InChI=1S/C9H14O/c1-2-3-4-5-6-7-8-9-10/h5-6,10H,2,7-9H2,1H3/b6-5+. The van der Waals surface area contributed by atoms with E-state index in [1.54, 1.807) is 0 Å². The Morgan fingerprint density at radius 3 is 2.90 bits per heavy atom. The Kier molecular flexibility index (Phi) is 7.65. The zero-order valence-corrected chi connectivity index (χ0v) is 6.43. The number of allylic oxidation sites excluding steroid dienone is 2. The van der Waals surface area contributed by atoms with Gasteiger partial charge in [0.15, 0.2) is 0 Å². The van der Waals surface area contributed by atoms with Crippen molar-refractivity contribution in [3.63, 3.8) is 0 Å². The largest absolute Gasteiger partial charge is 0.396 e. The summed E-state index contributed by atoms with van der Waals surface area (Å²) in [6.07, 6.45) is 6.50. The number of rotatable bonds is 3. The van der Waals surface area contributed by atoms with Gasteiger partial charge in [0.2, 0.25) is 0 Å². The average molecular weight is 138 g/mol. The Bertz CT molecular complexity index is 137. The number of hydrogen-bond donors (Lipinski definition) is 1. The predicted molar refractivity (Wildman–Crippen MR) is 43.5 cm³/mol. The van der Waals surface area contributed by atoms with E-state index in [4.69, 9.17) is 5.11 Å². The lowest BCUT2D eigenvalue weighted by molar-refractivity contribution is 0.289. The molecule has 0 unspecified atom stereocenters. The van der Waals surface area contributed by atoms with E-state index >= 15 is 0 Å². The minimum Gasteiger partial charge on any atom is -0.396 e. The fourth-order valence-corrected chi connectivity index (χ4v) is 0.512. The molecule has 0 aliphatic heterocycles. The van der Waals surface area contributed by atoms with Crippen LogP contribution in [0.5, 0.6) is 0 Å². The van der Waals surface area contributed by atoms with E-state index in [9.17, 15) is 0 Å². The average Bonchev–Trinajstić information content (AvgIpc) is 1.97. The summed E-state index contributed by atoms with van der Waals surface area (Å²) in [6, 6.07) is 0. The lowest BCUT2D eigenvalue weighted by atomic mass is 10.3. The van der Waals surface area contributed by atoms with Gasteiger partial charge in [-0.05, 0) is 18.9 Å². The van der Waals surface area contributed by atoms with Crippen LogP contribution in [0.25, 0.3) is 0 Å². The molecule has 0 aromatic heterocycles. The summed E-state index contributed by atoms with van der Waals surface area (Å²) in [6.45, 7) is 2.29. The second kappa shape index (κ2) is 8.26. The molecule has 56 valence electrons. The minimum absolute atomic E-state index is 0.269. The van der Waals surface area contributed by atoms with Gasteiger partial charge in [-0.25, -0.2) is 0 Å². The van der Waals surface area contributed by atoms with E-state index in [2.05, 4.69) is 11.8 Å². The van der Waals surface area contributed by atoms with Crippen LogP contribution in [0, 0.1) is 11.8 Å². The van der Waals surface area contributed by atoms with E-state index in [1.807, 2.05) is 19.1 Å². The maximum atomic E-state index is 8.40. The molecule has 0 amide bonds. The summed E-state index contributed by atoms with van der Waals surface area (Å²) >= 11 is 0. The van der Waals surface area contributed by atoms with Crippen LogP contribution >= 0.6 is 0 Å². The first-order valence-electron chi connectivity index (χ1n) is 3.66. The van der Waals surface area contributed by atoms with Crippen LogP contribution in [0.3, 0.4) is 0 Å². The van der Waals surface area contributed by atoms with Crippen LogP contribution < -0.4 is 0 Å². The van der Waals surface area contributed by atoms with Gasteiger partial charge in [0.25, 0.3) is 0 Å². The van der Waals surface area contributed by atoms with Crippen molar-refractivity contribution in [2.75, 3.05) is 6.61 Å². The van der Waals surface area contributed by atoms with Gasteiger partial charge >= 0.3 is 0 Å². The highest BCUT2D eigenvalue weighted by Gasteiger charge is 1.75. The topological polar surface area (TPSA) is 20.2 Å². The molecule has 0 fully saturated rings. The van der Waals surface area contributed by atoms with E-state index in [0.29, 0.717) is 0 Å². The van der Waals surface area contributed by atoms with Gasteiger partial charge in [0, 0.05) is 13.0 Å². The second-order valence-electron chi connectivity index (χ2n) is 1.94. The molecule has 1 nitrogen and oxygen atoms in total. The molecule has 0 radical (unpaired) electrons. The molecule has 0 heterocycles. The van der Waals surface area contributed by atoms with Crippen molar-refractivity contribution >= 4 is 0 Å². The highest BCUT2D eigenvalue weighted by molar-refractivity contribution is 5.14. The van der Waals surface area contributed by atoms with Gasteiger partial charge in [-0.1, -0.05) is 24.8 Å². The molecular weight excluding hydrogens is 124 g/mol. The van der Waals surface area contributed by atoms with E-state index in [0.717, 1.165) is 19.3 Å².